The third kappa shape index (κ3) is 4.49. The van der Waals surface area contributed by atoms with Gasteiger partial charge in [0.15, 0.2) is 11.0 Å². The van der Waals surface area contributed by atoms with Crippen molar-refractivity contribution in [1.29, 1.82) is 0 Å². The van der Waals surface area contributed by atoms with Crippen molar-refractivity contribution in [3.8, 4) is 0 Å². The Morgan fingerprint density at radius 1 is 1.24 bits per heavy atom. The van der Waals surface area contributed by atoms with Gasteiger partial charge >= 0.3 is 0 Å². The number of benzene rings is 1. The maximum atomic E-state index is 12.5. The predicted molar refractivity (Wildman–Crippen MR) is 113 cm³/mol. The quantitative estimate of drug-likeness (QED) is 0.469. The van der Waals surface area contributed by atoms with E-state index in [1.807, 2.05) is 19.9 Å². The van der Waals surface area contributed by atoms with Crippen molar-refractivity contribution in [3.63, 3.8) is 0 Å². The number of aromatic nitrogens is 4. The molecule has 0 aliphatic heterocycles. The highest BCUT2D eigenvalue weighted by molar-refractivity contribution is 7.99. The molecule has 0 aliphatic carbocycles. The van der Waals surface area contributed by atoms with Crippen molar-refractivity contribution in [2.45, 2.75) is 61.9 Å². The lowest BCUT2D eigenvalue weighted by atomic mass is 10.3. The van der Waals surface area contributed by atoms with Gasteiger partial charge in [0.25, 0.3) is 0 Å². The van der Waals surface area contributed by atoms with Crippen LogP contribution in [0.2, 0.25) is 0 Å². The van der Waals surface area contributed by atoms with Crippen LogP contribution in [0.1, 0.15) is 50.6 Å². The van der Waals surface area contributed by atoms with Gasteiger partial charge in [-0.25, -0.2) is 17.7 Å². The van der Waals surface area contributed by atoms with Gasteiger partial charge in [-0.3, -0.25) is 0 Å². The zero-order valence-electron chi connectivity index (χ0n) is 17.4. The van der Waals surface area contributed by atoms with Crippen molar-refractivity contribution in [1.82, 2.24) is 24.0 Å². The lowest BCUT2D eigenvalue weighted by Gasteiger charge is -2.12. The molecule has 0 N–H and O–H groups in total. The van der Waals surface area contributed by atoms with Crippen LogP contribution in [0, 0.1) is 0 Å². The minimum absolute atomic E-state index is 0.0648. The highest BCUT2D eigenvalue weighted by Gasteiger charge is 2.22. The molecular formula is C19H27N5O3S2. The van der Waals surface area contributed by atoms with Crippen LogP contribution in [0.15, 0.2) is 32.8 Å². The van der Waals surface area contributed by atoms with E-state index >= 15 is 0 Å². The number of rotatable bonds is 9. The first-order valence-corrected chi connectivity index (χ1v) is 12.0. The molecule has 158 valence electrons. The second kappa shape index (κ2) is 8.85. The van der Waals surface area contributed by atoms with Crippen LogP contribution in [0.3, 0.4) is 0 Å². The fourth-order valence-corrected chi connectivity index (χ4v) is 4.77. The Hall–Kier alpha value is -1.91. The Morgan fingerprint density at radius 3 is 2.62 bits per heavy atom. The van der Waals surface area contributed by atoms with Crippen molar-refractivity contribution >= 4 is 32.8 Å². The van der Waals surface area contributed by atoms with Crippen LogP contribution in [0.25, 0.3) is 11.0 Å². The average Bonchev–Trinajstić information content (AvgIpc) is 3.30. The summed E-state index contributed by atoms with van der Waals surface area (Å²) in [7, 11) is -0.461. The first-order chi connectivity index (χ1) is 13.8. The number of imidazole rings is 1. The Balaban J connectivity index is 2.00. The molecule has 0 bridgehead atoms. The van der Waals surface area contributed by atoms with Crippen molar-refractivity contribution in [3.05, 3.63) is 29.9 Å². The summed E-state index contributed by atoms with van der Waals surface area (Å²) >= 11 is 1.54. The molecule has 0 saturated heterocycles. The SMILES string of the molecule is CCCCn1c(SC(C)c2nc(CC)no2)nc2cc(S(=O)(=O)N(C)C)ccc21. The Labute approximate surface area is 175 Å². The summed E-state index contributed by atoms with van der Waals surface area (Å²) in [6, 6.07) is 5.12. The van der Waals surface area contributed by atoms with Gasteiger partial charge in [0.1, 0.15) is 0 Å². The molecule has 0 aliphatic rings. The second-order valence-electron chi connectivity index (χ2n) is 7.00. The summed E-state index contributed by atoms with van der Waals surface area (Å²) in [5.41, 5.74) is 1.59. The van der Waals surface area contributed by atoms with E-state index in [9.17, 15) is 8.42 Å². The van der Waals surface area contributed by atoms with Crippen LogP contribution in [0.4, 0.5) is 0 Å². The Morgan fingerprint density at radius 2 is 2.00 bits per heavy atom. The van der Waals surface area contributed by atoms with Crippen LogP contribution in [-0.4, -0.2) is 46.5 Å². The van der Waals surface area contributed by atoms with Gasteiger partial charge < -0.3 is 9.09 Å². The first kappa shape index (κ1) is 21.8. The van der Waals surface area contributed by atoms with Gasteiger partial charge in [0.2, 0.25) is 15.9 Å². The van der Waals surface area contributed by atoms with Crippen LogP contribution < -0.4 is 0 Å². The first-order valence-electron chi connectivity index (χ1n) is 9.69. The number of fused-ring (bicyclic) bond motifs is 1. The maximum absolute atomic E-state index is 12.5. The van der Waals surface area contributed by atoms with Crippen LogP contribution in [-0.2, 0) is 23.0 Å². The Bertz CT molecular complexity index is 1090. The summed E-state index contributed by atoms with van der Waals surface area (Å²) in [6.45, 7) is 6.94. The molecule has 1 atom stereocenters. The summed E-state index contributed by atoms with van der Waals surface area (Å²) in [5, 5.41) is 4.72. The average molecular weight is 438 g/mol. The predicted octanol–water partition coefficient (Wildman–Crippen LogP) is 3.89. The van der Waals surface area contributed by atoms with Gasteiger partial charge in [-0.15, -0.1) is 0 Å². The largest absolute Gasteiger partial charge is 0.338 e. The zero-order valence-corrected chi connectivity index (χ0v) is 19.0. The molecule has 2 heterocycles. The van der Waals surface area contributed by atoms with Crippen LogP contribution >= 0.6 is 11.8 Å². The standard InChI is InChI=1S/C19H27N5O3S2/c1-6-8-11-24-16-10-9-14(29(25,26)23(4)5)12-15(16)20-19(24)28-13(3)18-21-17(7-2)22-27-18/h9-10,12-13H,6-8,11H2,1-5H3. The smallest absolute Gasteiger partial charge is 0.242 e. The minimum Gasteiger partial charge on any atom is -0.338 e. The second-order valence-corrected chi connectivity index (χ2v) is 10.5. The normalized spacial score (nSPS) is 13.4. The van der Waals surface area contributed by atoms with Crippen molar-refractivity contribution in [2.24, 2.45) is 0 Å². The van der Waals surface area contributed by atoms with Crippen LogP contribution in [0.5, 0.6) is 0 Å². The number of nitrogens with zero attached hydrogens (tertiary/aromatic N) is 5. The van der Waals surface area contributed by atoms with E-state index in [-0.39, 0.29) is 10.1 Å². The van der Waals surface area contributed by atoms with E-state index in [1.54, 1.807) is 12.1 Å². The lowest BCUT2D eigenvalue weighted by Crippen LogP contribution is -2.22. The minimum atomic E-state index is -3.51. The topological polar surface area (TPSA) is 94.1 Å². The summed E-state index contributed by atoms with van der Waals surface area (Å²) in [4.78, 5) is 9.40. The van der Waals surface area contributed by atoms with Gasteiger partial charge in [-0.05, 0) is 31.5 Å². The number of hydrogen-bond acceptors (Lipinski definition) is 7. The number of sulfonamides is 1. The van der Waals surface area contributed by atoms with E-state index in [4.69, 9.17) is 9.51 Å². The maximum Gasteiger partial charge on any atom is 0.242 e. The van der Waals surface area contributed by atoms with Gasteiger partial charge in [-0.1, -0.05) is 37.2 Å². The molecule has 0 amide bonds. The summed E-state index contributed by atoms with van der Waals surface area (Å²) in [5.74, 6) is 1.25. The lowest BCUT2D eigenvalue weighted by molar-refractivity contribution is 0.375. The Kier molecular flexibility index (Phi) is 6.65. The molecular weight excluding hydrogens is 410 g/mol. The summed E-state index contributed by atoms with van der Waals surface area (Å²) in [6.07, 6.45) is 2.78. The van der Waals surface area contributed by atoms with Gasteiger partial charge in [0, 0.05) is 27.1 Å². The third-order valence-corrected chi connectivity index (χ3v) is 7.52. The molecule has 0 radical (unpaired) electrons. The number of hydrogen-bond donors (Lipinski definition) is 0. The molecule has 8 nitrogen and oxygen atoms in total. The highest BCUT2D eigenvalue weighted by atomic mass is 32.2. The molecule has 3 rings (SSSR count). The molecule has 1 unspecified atom stereocenters. The number of aryl methyl sites for hydroxylation is 2. The summed E-state index contributed by atoms with van der Waals surface area (Å²) < 4.78 is 33.7. The molecule has 0 spiro atoms. The fraction of sp³-hybridized carbons (Fsp3) is 0.526. The number of thioether (sulfide) groups is 1. The molecule has 1 aromatic carbocycles. The van der Waals surface area contributed by atoms with E-state index in [0.29, 0.717) is 17.2 Å². The molecule has 0 fully saturated rings. The molecule has 0 saturated carbocycles. The van der Waals surface area contributed by atoms with E-state index in [0.717, 1.165) is 36.5 Å². The monoisotopic (exact) mass is 437 g/mol. The third-order valence-electron chi connectivity index (χ3n) is 4.63. The van der Waals surface area contributed by atoms with E-state index in [2.05, 4.69) is 21.6 Å². The molecule has 3 aromatic rings. The van der Waals surface area contributed by atoms with Crippen molar-refractivity contribution in [2.75, 3.05) is 14.1 Å². The zero-order chi connectivity index (χ0) is 21.2. The van der Waals surface area contributed by atoms with Gasteiger partial charge in [0.05, 0.1) is 21.2 Å². The van der Waals surface area contributed by atoms with Crippen molar-refractivity contribution < 1.29 is 12.9 Å². The van der Waals surface area contributed by atoms with E-state index in [1.165, 1.54) is 30.2 Å². The highest BCUT2D eigenvalue weighted by Crippen LogP contribution is 2.36. The molecule has 10 heteroatoms. The fourth-order valence-electron chi connectivity index (χ4n) is 2.87. The van der Waals surface area contributed by atoms with E-state index < -0.39 is 10.0 Å². The number of unbranched alkanes of at least 4 members (excludes halogenated alkanes) is 1. The molecule has 2 aromatic heterocycles. The van der Waals surface area contributed by atoms with Gasteiger partial charge in [-0.2, -0.15) is 4.98 Å². The molecule has 29 heavy (non-hydrogen) atoms.